The lowest BCUT2D eigenvalue weighted by atomic mass is 9.81. The standard InChI is InChI=1S/C57H43N/c1-57(2)55-36-43(40-23-21-39(22-24-40)38-13-5-3-6-14-38)28-33-52(55)53-34-31-46(37-56(53)57)58(44-15-7-4-8-16-44)45-29-25-41(26-30-45)42-27-32-51-49-19-10-9-17-47(49)48-18-11-12-20-50(48)54(51)35-42/h3-15,17-37,44H,16H2,1-2H3. The summed E-state index contributed by atoms with van der Waals surface area (Å²) in [5.41, 5.74) is 15.1. The Kier molecular flexibility index (Phi) is 8.05. The minimum absolute atomic E-state index is 0.149. The number of hydrogen-bond acceptors (Lipinski definition) is 1. The van der Waals surface area contributed by atoms with Crippen LogP contribution in [0, 0.1) is 0 Å². The monoisotopic (exact) mass is 741 g/mol. The van der Waals surface area contributed by atoms with Crippen LogP contribution in [0.5, 0.6) is 0 Å². The van der Waals surface area contributed by atoms with E-state index < -0.39 is 0 Å². The third-order valence-corrected chi connectivity index (χ3v) is 12.8. The summed E-state index contributed by atoms with van der Waals surface area (Å²) in [7, 11) is 0. The van der Waals surface area contributed by atoms with Gasteiger partial charge < -0.3 is 4.90 Å². The highest BCUT2D eigenvalue weighted by Gasteiger charge is 2.36. The molecule has 0 amide bonds. The van der Waals surface area contributed by atoms with E-state index in [1.165, 1.54) is 99.3 Å². The van der Waals surface area contributed by atoms with Gasteiger partial charge in [0.05, 0.1) is 6.04 Å². The number of rotatable bonds is 6. The van der Waals surface area contributed by atoms with Crippen LogP contribution in [0.1, 0.15) is 31.4 Å². The Hall–Kier alpha value is -6.96. The molecule has 0 fully saturated rings. The number of allylic oxidation sites excluding steroid dienone is 2. The maximum absolute atomic E-state index is 2.53. The van der Waals surface area contributed by atoms with E-state index in [4.69, 9.17) is 0 Å². The fourth-order valence-corrected chi connectivity index (χ4v) is 9.73. The van der Waals surface area contributed by atoms with Gasteiger partial charge in [-0.15, -0.1) is 0 Å². The maximum Gasteiger partial charge on any atom is 0.0559 e. The van der Waals surface area contributed by atoms with Crippen molar-refractivity contribution in [3.63, 3.8) is 0 Å². The predicted molar refractivity (Wildman–Crippen MR) is 248 cm³/mol. The largest absolute Gasteiger partial charge is 0.334 e. The van der Waals surface area contributed by atoms with Crippen LogP contribution in [0.4, 0.5) is 11.4 Å². The molecule has 0 aliphatic heterocycles. The summed E-state index contributed by atoms with van der Waals surface area (Å²) >= 11 is 0. The quantitative estimate of drug-likeness (QED) is 0.153. The molecule has 0 saturated carbocycles. The lowest BCUT2D eigenvalue weighted by molar-refractivity contribution is 0.660. The Morgan fingerprint density at radius 3 is 1.50 bits per heavy atom. The van der Waals surface area contributed by atoms with Crippen LogP contribution in [0.25, 0.3) is 76.8 Å². The van der Waals surface area contributed by atoms with Crippen molar-refractivity contribution in [2.24, 2.45) is 0 Å². The van der Waals surface area contributed by atoms with Crippen LogP contribution < -0.4 is 4.90 Å². The SMILES string of the molecule is CC1(C)c2cc(-c3ccc(-c4ccccc4)cc3)ccc2-c2ccc(N(c3ccc(-c4ccc5c6ccccc6c6ccccc6c5c4)cc3)C3C=CC=CC3)cc21. The summed E-state index contributed by atoms with van der Waals surface area (Å²) in [5, 5.41) is 7.81. The van der Waals surface area contributed by atoms with Crippen molar-refractivity contribution >= 4 is 43.7 Å². The number of anilines is 2. The molecule has 9 aromatic carbocycles. The van der Waals surface area contributed by atoms with Gasteiger partial charge in [0.1, 0.15) is 0 Å². The van der Waals surface area contributed by atoms with Gasteiger partial charge in [-0.05, 0) is 131 Å². The van der Waals surface area contributed by atoms with Crippen LogP contribution in [0.2, 0.25) is 0 Å². The summed E-state index contributed by atoms with van der Waals surface area (Å²) in [5.74, 6) is 0. The average Bonchev–Trinajstić information content (AvgIpc) is 3.52. The minimum Gasteiger partial charge on any atom is -0.334 e. The Bertz CT molecular complexity index is 3060. The molecule has 1 nitrogen and oxygen atoms in total. The zero-order valence-electron chi connectivity index (χ0n) is 32.9. The molecule has 9 aromatic rings. The summed E-state index contributed by atoms with van der Waals surface area (Å²) < 4.78 is 0. The van der Waals surface area contributed by atoms with Gasteiger partial charge in [-0.1, -0.05) is 184 Å². The average molecular weight is 742 g/mol. The Balaban J connectivity index is 0.939. The summed E-state index contributed by atoms with van der Waals surface area (Å²) in [4.78, 5) is 2.53. The molecule has 1 unspecified atom stereocenters. The van der Waals surface area contributed by atoms with Gasteiger partial charge >= 0.3 is 0 Å². The second-order valence-electron chi connectivity index (χ2n) is 16.4. The van der Waals surface area contributed by atoms with E-state index in [0.717, 1.165) is 6.42 Å². The van der Waals surface area contributed by atoms with Crippen molar-refractivity contribution in [2.75, 3.05) is 4.90 Å². The zero-order valence-corrected chi connectivity index (χ0v) is 32.9. The van der Waals surface area contributed by atoms with E-state index in [1.54, 1.807) is 0 Å². The summed E-state index contributed by atoms with van der Waals surface area (Å²) in [6.45, 7) is 4.78. The topological polar surface area (TPSA) is 3.24 Å². The summed E-state index contributed by atoms with van der Waals surface area (Å²) in [6.07, 6.45) is 9.95. The molecule has 0 bridgehead atoms. The van der Waals surface area contributed by atoms with Gasteiger partial charge in [0, 0.05) is 16.8 Å². The Morgan fingerprint density at radius 2 is 0.862 bits per heavy atom. The molecule has 11 rings (SSSR count). The van der Waals surface area contributed by atoms with Crippen molar-refractivity contribution in [2.45, 2.75) is 31.7 Å². The summed E-state index contributed by atoms with van der Waals surface area (Å²) in [6, 6.07) is 67.9. The second-order valence-corrected chi connectivity index (χ2v) is 16.4. The van der Waals surface area contributed by atoms with E-state index in [2.05, 4.69) is 225 Å². The van der Waals surface area contributed by atoms with Crippen molar-refractivity contribution in [1.82, 2.24) is 0 Å². The lowest BCUT2D eigenvalue weighted by Gasteiger charge is -2.34. The highest BCUT2D eigenvalue weighted by Crippen LogP contribution is 2.51. The first-order valence-electron chi connectivity index (χ1n) is 20.5. The fraction of sp³-hybridized carbons (Fsp3) is 0.0877. The molecule has 1 atom stereocenters. The first-order valence-corrected chi connectivity index (χ1v) is 20.5. The van der Waals surface area contributed by atoms with E-state index >= 15 is 0 Å². The van der Waals surface area contributed by atoms with Crippen molar-refractivity contribution in [3.05, 3.63) is 217 Å². The van der Waals surface area contributed by atoms with Crippen LogP contribution in [0.3, 0.4) is 0 Å². The smallest absolute Gasteiger partial charge is 0.0559 e. The minimum atomic E-state index is -0.149. The zero-order chi connectivity index (χ0) is 38.8. The second kappa shape index (κ2) is 13.6. The van der Waals surface area contributed by atoms with Gasteiger partial charge in [0.2, 0.25) is 0 Å². The highest BCUT2D eigenvalue weighted by molar-refractivity contribution is 6.25. The maximum atomic E-state index is 2.53. The molecular formula is C57H43N. The van der Waals surface area contributed by atoms with Crippen molar-refractivity contribution in [1.29, 1.82) is 0 Å². The Labute approximate surface area is 340 Å². The van der Waals surface area contributed by atoms with Crippen LogP contribution in [-0.4, -0.2) is 6.04 Å². The molecule has 0 radical (unpaired) electrons. The first kappa shape index (κ1) is 34.3. The Morgan fingerprint density at radius 1 is 0.397 bits per heavy atom. The molecule has 276 valence electrons. The van der Waals surface area contributed by atoms with Crippen LogP contribution in [0.15, 0.2) is 206 Å². The molecule has 0 saturated heterocycles. The van der Waals surface area contributed by atoms with E-state index in [1.807, 2.05) is 0 Å². The fourth-order valence-electron chi connectivity index (χ4n) is 9.73. The molecule has 58 heavy (non-hydrogen) atoms. The number of fused-ring (bicyclic) bond motifs is 9. The van der Waals surface area contributed by atoms with Gasteiger partial charge in [-0.2, -0.15) is 0 Å². The van der Waals surface area contributed by atoms with Gasteiger partial charge in [-0.25, -0.2) is 0 Å². The van der Waals surface area contributed by atoms with Crippen LogP contribution >= 0.6 is 0 Å². The van der Waals surface area contributed by atoms with E-state index in [9.17, 15) is 0 Å². The molecule has 0 heterocycles. The van der Waals surface area contributed by atoms with E-state index in [-0.39, 0.29) is 11.5 Å². The van der Waals surface area contributed by atoms with Crippen molar-refractivity contribution < 1.29 is 0 Å². The predicted octanol–water partition coefficient (Wildman–Crippen LogP) is 15.5. The molecule has 0 N–H and O–H groups in total. The molecule has 0 spiro atoms. The normalized spacial score (nSPS) is 15.2. The number of nitrogens with zero attached hydrogens (tertiary/aromatic N) is 1. The highest BCUT2D eigenvalue weighted by atomic mass is 15.2. The van der Waals surface area contributed by atoms with Crippen LogP contribution in [-0.2, 0) is 5.41 Å². The first-order chi connectivity index (χ1) is 28.5. The molecule has 1 heteroatoms. The molecule has 2 aliphatic rings. The molecule has 2 aliphatic carbocycles. The van der Waals surface area contributed by atoms with Gasteiger partial charge in [0.25, 0.3) is 0 Å². The van der Waals surface area contributed by atoms with E-state index in [0.29, 0.717) is 0 Å². The number of hydrogen-bond donors (Lipinski definition) is 0. The lowest BCUT2D eigenvalue weighted by Crippen LogP contribution is -2.30. The third kappa shape index (κ3) is 5.61. The van der Waals surface area contributed by atoms with Gasteiger partial charge in [-0.3, -0.25) is 0 Å². The van der Waals surface area contributed by atoms with Gasteiger partial charge in [0.15, 0.2) is 0 Å². The number of benzene rings is 9. The molecule has 0 aromatic heterocycles. The molecular weight excluding hydrogens is 699 g/mol. The third-order valence-electron chi connectivity index (χ3n) is 12.8. The van der Waals surface area contributed by atoms with Crippen molar-refractivity contribution in [3.8, 4) is 44.5 Å².